The molecule has 0 atom stereocenters. The molecule has 0 unspecified atom stereocenters. The number of rotatable bonds is 9. The van der Waals surface area contributed by atoms with Crippen LogP contribution < -0.4 is 9.62 Å². The van der Waals surface area contributed by atoms with Gasteiger partial charge in [-0.3, -0.25) is 9.62 Å². The summed E-state index contributed by atoms with van der Waals surface area (Å²) < 4.78 is 31.6. The molecule has 1 aromatic carbocycles. The summed E-state index contributed by atoms with van der Waals surface area (Å²) in [5, 5.41) is 0. The van der Waals surface area contributed by atoms with Gasteiger partial charge in [-0.15, -0.1) is 0 Å². The van der Waals surface area contributed by atoms with Gasteiger partial charge in [-0.2, -0.15) is 0 Å². The lowest BCUT2D eigenvalue weighted by molar-refractivity contribution is 0.144. The van der Waals surface area contributed by atoms with Crippen LogP contribution in [0.5, 0.6) is 0 Å². The number of methoxy groups -OCH3 is 1. The first-order chi connectivity index (χ1) is 11.5. The second-order valence-electron chi connectivity index (χ2n) is 6.14. The summed E-state index contributed by atoms with van der Waals surface area (Å²) in [6.07, 6.45) is 1.55. The summed E-state index contributed by atoms with van der Waals surface area (Å²) in [5.74, 6) is 0.175. The lowest BCUT2D eigenvalue weighted by atomic mass is 10.2. The normalized spacial score (nSPS) is 16.3. The van der Waals surface area contributed by atoms with Crippen LogP contribution in [0.3, 0.4) is 0 Å². The molecule has 0 radical (unpaired) electrons. The molecule has 1 heterocycles. The Labute approximate surface area is 145 Å². The maximum Gasteiger partial charge on any atom is 0.232 e. The number of anilines is 2. The van der Waals surface area contributed by atoms with E-state index in [2.05, 4.69) is 14.5 Å². The smallest absolute Gasteiger partial charge is 0.232 e. The molecule has 24 heavy (non-hydrogen) atoms. The van der Waals surface area contributed by atoms with E-state index in [0.717, 1.165) is 51.4 Å². The minimum atomic E-state index is -3.23. The van der Waals surface area contributed by atoms with Crippen LogP contribution >= 0.6 is 0 Å². The Hall–Kier alpha value is -1.31. The van der Waals surface area contributed by atoms with Crippen LogP contribution in [0.25, 0.3) is 0 Å². The fourth-order valence-corrected chi connectivity index (χ4v) is 4.02. The van der Waals surface area contributed by atoms with Crippen LogP contribution in [-0.2, 0) is 14.8 Å². The molecular weight excluding hydrogens is 326 g/mol. The quantitative estimate of drug-likeness (QED) is 0.734. The number of hydrogen-bond donors (Lipinski definition) is 1. The van der Waals surface area contributed by atoms with E-state index >= 15 is 0 Å². The van der Waals surface area contributed by atoms with Crippen LogP contribution in [0.4, 0.5) is 11.4 Å². The number of nitrogens with zero attached hydrogens (tertiary/aromatic N) is 2. The Morgan fingerprint density at radius 1 is 1.12 bits per heavy atom. The molecule has 1 saturated heterocycles. The highest BCUT2D eigenvalue weighted by Gasteiger charge is 2.17. The van der Waals surface area contributed by atoms with Crippen molar-refractivity contribution in [2.45, 2.75) is 19.8 Å². The Kier molecular flexibility index (Phi) is 7.33. The van der Waals surface area contributed by atoms with Gasteiger partial charge in [-0.1, -0.05) is 13.3 Å². The zero-order valence-corrected chi connectivity index (χ0v) is 15.5. The van der Waals surface area contributed by atoms with Crippen LogP contribution in [0, 0.1) is 0 Å². The average Bonchev–Trinajstić information content (AvgIpc) is 2.59. The lowest BCUT2D eigenvalue weighted by Gasteiger charge is -2.36. The van der Waals surface area contributed by atoms with Gasteiger partial charge < -0.3 is 9.64 Å². The topological polar surface area (TPSA) is 61.9 Å². The molecule has 7 heteroatoms. The lowest BCUT2D eigenvalue weighted by Crippen LogP contribution is -2.47. The van der Waals surface area contributed by atoms with E-state index in [1.807, 2.05) is 31.2 Å². The summed E-state index contributed by atoms with van der Waals surface area (Å²) in [4.78, 5) is 4.73. The largest absolute Gasteiger partial charge is 0.383 e. The SMILES string of the molecule is CCCCS(=O)(=O)Nc1ccc(N2CCN(CCOC)CC2)cc1. The van der Waals surface area contributed by atoms with Crippen LogP contribution in [0.15, 0.2) is 24.3 Å². The summed E-state index contributed by atoms with van der Waals surface area (Å²) in [5.41, 5.74) is 1.77. The monoisotopic (exact) mass is 355 g/mol. The Balaban J connectivity index is 1.86. The van der Waals surface area contributed by atoms with E-state index < -0.39 is 10.0 Å². The van der Waals surface area contributed by atoms with Gasteiger partial charge in [0.1, 0.15) is 0 Å². The van der Waals surface area contributed by atoms with Crippen molar-refractivity contribution in [3.63, 3.8) is 0 Å². The van der Waals surface area contributed by atoms with Crippen LogP contribution in [0.2, 0.25) is 0 Å². The minimum Gasteiger partial charge on any atom is -0.383 e. The molecule has 0 aromatic heterocycles. The fraction of sp³-hybridized carbons (Fsp3) is 0.647. The van der Waals surface area contributed by atoms with Gasteiger partial charge in [-0.05, 0) is 30.7 Å². The van der Waals surface area contributed by atoms with Crippen molar-refractivity contribution >= 4 is 21.4 Å². The third-order valence-corrected chi connectivity index (χ3v) is 5.63. The number of nitrogens with one attached hydrogen (secondary N) is 1. The first-order valence-electron chi connectivity index (χ1n) is 8.61. The maximum absolute atomic E-state index is 11.9. The molecular formula is C17H29N3O3S. The van der Waals surface area contributed by atoms with Gasteiger partial charge in [0.15, 0.2) is 0 Å². The Morgan fingerprint density at radius 2 is 1.79 bits per heavy atom. The molecule has 0 aliphatic carbocycles. The van der Waals surface area contributed by atoms with Gasteiger partial charge in [0.2, 0.25) is 10.0 Å². The van der Waals surface area contributed by atoms with Crippen molar-refractivity contribution < 1.29 is 13.2 Å². The minimum absolute atomic E-state index is 0.175. The molecule has 0 spiro atoms. The van der Waals surface area contributed by atoms with Crippen molar-refractivity contribution in [3.8, 4) is 0 Å². The summed E-state index contributed by atoms with van der Waals surface area (Å²) in [7, 11) is -1.50. The summed E-state index contributed by atoms with van der Waals surface area (Å²) in [6, 6.07) is 7.66. The van der Waals surface area contributed by atoms with Crippen molar-refractivity contribution in [2.75, 3.05) is 61.8 Å². The summed E-state index contributed by atoms with van der Waals surface area (Å²) in [6.45, 7) is 7.73. The zero-order chi connectivity index (χ0) is 17.4. The van der Waals surface area contributed by atoms with Gasteiger partial charge in [0, 0.05) is 51.2 Å². The molecule has 0 saturated carbocycles. The molecule has 1 aromatic rings. The number of unbranched alkanes of at least 4 members (excludes halogenated alkanes) is 1. The molecule has 6 nitrogen and oxygen atoms in total. The fourth-order valence-electron chi connectivity index (χ4n) is 2.76. The zero-order valence-electron chi connectivity index (χ0n) is 14.7. The predicted octanol–water partition coefficient (Wildman–Crippen LogP) is 2.00. The molecule has 1 aliphatic heterocycles. The second kappa shape index (κ2) is 9.25. The highest BCUT2D eigenvalue weighted by atomic mass is 32.2. The molecule has 0 amide bonds. The molecule has 136 valence electrons. The first kappa shape index (κ1) is 19.0. The van der Waals surface area contributed by atoms with Crippen molar-refractivity contribution in [3.05, 3.63) is 24.3 Å². The predicted molar refractivity (Wildman–Crippen MR) is 99.3 cm³/mol. The number of ether oxygens (including phenoxy) is 1. The third-order valence-electron chi connectivity index (χ3n) is 4.26. The van der Waals surface area contributed by atoms with Crippen LogP contribution in [0.1, 0.15) is 19.8 Å². The molecule has 1 fully saturated rings. The highest BCUT2D eigenvalue weighted by molar-refractivity contribution is 7.92. The van der Waals surface area contributed by atoms with E-state index in [1.54, 1.807) is 7.11 Å². The molecule has 2 rings (SSSR count). The highest BCUT2D eigenvalue weighted by Crippen LogP contribution is 2.20. The Bertz CT molecular complexity index is 582. The average molecular weight is 356 g/mol. The van der Waals surface area contributed by atoms with E-state index in [-0.39, 0.29) is 5.75 Å². The van der Waals surface area contributed by atoms with Crippen molar-refractivity contribution in [2.24, 2.45) is 0 Å². The first-order valence-corrected chi connectivity index (χ1v) is 10.3. The van der Waals surface area contributed by atoms with Gasteiger partial charge in [-0.25, -0.2) is 8.42 Å². The summed E-state index contributed by atoms with van der Waals surface area (Å²) >= 11 is 0. The van der Waals surface area contributed by atoms with E-state index in [1.165, 1.54) is 0 Å². The maximum atomic E-state index is 11.9. The van der Waals surface area contributed by atoms with Gasteiger partial charge >= 0.3 is 0 Å². The van der Waals surface area contributed by atoms with Crippen LogP contribution in [-0.4, -0.2) is 65.5 Å². The van der Waals surface area contributed by atoms with Gasteiger partial charge in [0.05, 0.1) is 12.4 Å². The standard InChI is InChI=1S/C17H29N3O3S/c1-3-4-15-24(21,22)18-16-5-7-17(8-6-16)20-11-9-19(10-12-20)13-14-23-2/h5-8,18H,3-4,9-15H2,1-2H3. The Morgan fingerprint density at radius 3 is 2.38 bits per heavy atom. The number of piperazine rings is 1. The third kappa shape index (κ3) is 5.96. The molecule has 0 bridgehead atoms. The molecule has 1 aliphatic rings. The van der Waals surface area contributed by atoms with E-state index in [0.29, 0.717) is 12.1 Å². The van der Waals surface area contributed by atoms with E-state index in [4.69, 9.17) is 4.74 Å². The number of hydrogen-bond acceptors (Lipinski definition) is 5. The number of benzene rings is 1. The van der Waals surface area contributed by atoms with Gasteiger partial charge in [0.25, 0.3) is 0 Å². The second-order valence-corrected chi connectivity index (χ2v) is 7.98. The molecule has 1 N–H and O–H groups in total. The van der Waals surface area contributed by atoms with Crippen molar-refractivity contribution in [1.29, 1.82) is 0 Å². The van der Waals surface area contributed by atoms with E-state index in [9.17, 15) is 8.42 Å². The van der Waals surface area contributed by atoms with Crippen molar-refractivity contribution in [1.82, 2.24) is 4.90 Å². The number of sulfonamides is 1.